The van der Waals surface area contributed by atoms with Crippen molar-refractivity contribution in [3.05, 3.63) is 29.8 Å². The molecule has 0 saturated carbocycles. The van der Waals surface area contributed by atoms with E-state index >= 15 is 0 Å². The minimum atomic E-state index is -0.727. The number of phenols is 3. The number of rotatable bonds is 12. The average molecular weight is 425 g/mol. The van der Waals surface area contributed by atoms with Crippen molar-refractivity contribution >= 4 is 18.0 Å². The molecule has 10 nitrogen and oxygen atoms in total. The van der Waals surface area contributed by atoms with E-state index in [0.29, 0.717) is 12.8 Å². The van der Waals surface area contributed by atoms with Gasteiger partial charge in [-0.05, 0) is 44.7 Å². The van der Waals surface area contributed by atoms with Crippen molar-refractivity contribution in [3.63, 3.8) is 0 Å². The lowest BCUT2D eigenvalue weighted by Gasteiger charge is -2.08. The first-order chi connectivity index (χ1) is 14.2. The van der Waals surface area contributed by atoms with Gasteiger partial charge >= 0.3 is 18.0 Å². The molecule has 0 aliphatic heterocycles. The first-order valence-electron chi connectivity index (χ1n) is 9.37. The third-order valence-electron chi connectivity index (χ3n) is 3.76. The molecule has 0 radical (unpaired) electrons. The van der Waals surface area contributed by atoms with E-state index in [9.17, 15) is 29.7 Å². The molecule has 0 aromatic heterocycles. The van der Waals surface area contributed by atoms with Crippen LogP contribution in [0.2, 0.25) is 0 Å². The Labute approximate surface area is 174 Å². The third kappa shape index (κ3) is 9.18. The summed E-state index contributed by atoms with van der Waals surface area (Å²) in [6, 6.07) is 2.01. The summed E-state index contributed by atoms with van der Waals surface area (Å²) in [6.07, 6.45) is 2.10. The topological polar surface area (TPSA) is 152 Å². The monoisotopic (exact) mass is 425 g/mol. The molecule has 0 heterocycles. The SMILES string of the molecule is C=C(C)C(=O)OCCNC(=O)OCCCCCCOC(=O)c1cc(O)c(O)c(O)c1. The Balaban J connectivity index is 2.04. The van der Waals surface area contributed by atoms with Gasteiger partial charge in [-0.3, -0.25) is 0 Å². The molecule has 1 aromatic carbocycles. The highest BCUT2D eigenvalue weighted by molar-refractivity contribution is 5.91. The molecule has 4 N–H and O–H groups in total. The molecule has 0 unspecified atom stereocenters. The number of aromatic hydroxyl groups is 3. The van der Waals surface area contributed by atoms with Crippen LogP contribution >= 0.6 is 0 Å². The van der Waals surface area contributed by atoms with Gasteiger partial charge in [0.2, 0.25) is 0 Å². The minimum absolute atomic E-state index is 0.0306. The second-order valence-corrected chi connectivity index (χ2v) is 6.39. The first-order valence-corrected chi connectivity index (χ1v) is 9.37. The second-order valence-electron chi connectivity index (χ2n) is 6.39. The van der Waals surface area contributed by atoms with Crippen LogP contribution in [0.5, 0.6) is 17.2 Å². The average Bonchev–Trinajstić information content (AvgIpc) is 2.70. The maximum Gasteiger partial charge on any atom is 0.407 e. The molecule has 1 aromatic rings. The van der Waals surface area contributed by atoms with Gasteiger partial charge in [-0.15, -0.1) is 0 Å². The lowest BCUT2D eigenvalue weighted by molar-refractivity contribution is -0.138. The summed E-state index contributed by atoms with van der Waals surface area (Å²) in [5, 5.41) is 30.5. The maximum absolute atomic E-state index is 11.8. The minimum Gasteiger partial charge on any atom is -0.504 e. The Hall–Kier alpha value is -3.43. The van der Waals surface area contributed by atoms with Crippen molar-refractivity contribution in [3.8, 4) is 17.2 Å². The summed E-state index contributed by atoms with van der Waals surface area (Å²) in [6.45, 7) is 5.51. The number of carbonyl (C=O) groups is 3. The predicted molar refractivity (Wildman–Crippen MR) is 105 cm³/mol. The molecule has 1 amide bonds. The molecule has 1 rings (SSSR count). The van der Waals surface area contributed by atoms with Gasteiger partial charge in [-0.25, -0.2) is 14.4 Å². The highest BCUT2D eigenvalue weighted by Crippen LogP contribution is 2.35. The smallest absolute Gasteiger partial charge is 0.407 e. The highest BCUT2D eigenvalue weighted by Gasteiger charge is 2.14. The number of ether oxygens (including phenoxy) is 3. The Morgan fingerprint density at radius 2 is 1.47 bits per heavy atom. The molecule has 0 bridgehead atoms. The van der Waals surface area contributed by atoms with E-state index in [1.165, 1.54) is 6.92 Å². The van der Waals surface area contributed by atoms with Crippen LogP contribution in [-0.2, 0) is 19.0 Å². The van der Waals surface area contributed by atoms with Crippen LogP contribution in [0.25, 0.3) is 0 Å². The number of carbonyl (C=O) groups excluding carboxylic acids is 3. The van der Waals surface area contributed by atoms with Crippen molar-refractivity contribution in [2.24, 2.45) is 0 Å². The zero-order valence-electron chi connectivity index (χ0n) is 16.8. The van der Waals surface area contributed by atoms with Crippen LogP contribution < -0.4 is 5.32 Å². The molecule has 0 fully saturated rings. The van der Waals surface area contributed by atoms with Gasteiger partial charge in [0, 0.05) is 5.57 Å². The van der Waals surface area contributed by atoms with Crippen molar-refractivity contribution in [2.45, 2.75) is 32.6 Å². The van der Waals surface area contributed by atoms with Gasteiger partial charge in [0.15, 0.2) is 17.2 Å². The van der Waals surface area contributed by atoms with Crippen LogP contribution in [0.3, 0.4) is 0 Å². The van der Waals surface area contributed by atoms with E-state index in [2.05, 4.69) is 11.9 Å². The van der Waals surface area contributed by atoms with Crippen LogP contribution in [0.15, 0.2) is 24.3 Å². The van der Waals surface area contributed by atoms with E-state index < -0.39 is 35.3 Å². The van der Waals surface area contributed by atoms with Gasteiger partial charge in [0.05, 0.1) is 25.3 Å². The molecule has 30 heavy (non-hydrogen) atoms. The Bertz CT molecular complexity index is 738. The zero-order valence-corrected chi connectivity index (χ0v) is 16.8. The van der Waals surface area contributed by atoms with Gasteiger partial charge in [0.1, 0.15) is 6.61 Å². The fourth-order valence-corrected chi connectivity index (χ4v) is 2.16. The van der Waals surface area contributed by atoms with Gasteiger partial charge in [0.25, 0.3) is 0 Å². The quantitative estimate of drug-likeness (QED) is 0.130. The summed E-state index contributed by atoms with van der Waals surface area (Å²) in [4.78, 5) is 34.4. The number of amides is 1. The molecule has 0 aliphatic rings. The number of benzene rings is 1. The maximum atomic E-state index is 11.8. The second kappa shape index (κ2) is 12.9. The summed E-state index contributed by atoms with van der Waals surface area (Å²) >= 11 is 0. The van der Waals surface area contributed by atoms with Crippen LogP contribution in [0.1, 0.15) is 43.0 Å². The third-order valence-corrected chi connectivity index (χ3v) is 3.76. The van der Waals surface area contributed by atoms with Crippen molar-refractivity contribution in [1.29, 1.82) is 0 Å². The summed E-state index contributed by atoms with van der Waals surface area (Å²) in [7, 11) is 0. The zero-order chi connectivity index (χ0) is 22.5. The summed E-state index contributed by atoms with van der Waals surface area (Å²) in [5.41, 5.74) is 0.211. The van der Waals surface area contributed by atoms with Crippen LogP contribution in [0, 0.1) is 0 Å². The van der Waals surface area contributed by atoms with E-state index in [1.807, 2.05) is 0 Å². The molecule has 0 atom stereocenters. The molecule has 10 heteroatoms. The molecule has 0 aliphatic carbocycles. The number of hydrogen-bond donors (Lipinski definition) is 4. The van der Waals surface area contributed by atoms with E-state index in [0.717, 1.165) is 25.0 Å². The number of alkyl carbamates (subject to hydrolysis) is 1. The van der Waals surface area contributed by atoms with Gasteiger partial charge in [-0.1, -0.05) is 6.58 Å². The van der Waals surface area contributed by atoms with Gasteiger partial charge in [-0.2, -0.15) is 0 Å². The largest absolute Gasteiger partial charge is 0.504 e. The normalized spacial score (nSPS) is 10.2. The van der Waals surface area contributed by atoms with Crippen LogP contribution in [-0.4, -0.2) is 59.7 Å². The molecule has 0 saturated heterocycles. The Morgan fingerprint density at radius 1 is 0.900 bits per heavy atom. The Morgan fingerprint density at radius 3 is 2.03 bits per heavy atom. The standard InChI is InChI=1S/C20H27NO9/c1-13(2)18(25)29-10-7-21-20(27)30-9-6-4-3-5-8-28-19(26)14-11-15(22)17(24)16(23)12-14/h11-12,22-24H,1,3-10H2,2H3,(H,21,27). The number of esters is 2. The van der Waals surface area contributed by atoms with E-state index in [4.69, 9.17) is 14.2 Å². The molecule has 0 spiro atoms. The number of unbranched alkanes of at least 4 members (excludes halogenated alkanes) is 3. The van der Waals surface area contributed by atoms with Gasteiger partial charge < -0.3 is 34.8 Å². The first kappa shape index (κ1) is 24.6. The molecular formula is C20H27NO9. The number of phenolic OH excluding ortho intramolecular Hbond substituents is 3. The lowest BCUT2D eigenvalue weighted by atomic mass is 10.2. The van der Waals surface area contributed by atoms with E-state index in [1.54, 1.807) is 0 Å². The Kier molecular flexibility index (Phi) is 10.6. The highest BCUT2D eigenvalue weighted by atomic mass is 16.6. The van der Waals surface area contributed by atoms with Crippen molar-refractivity contribution < 1.29 is 43.9 Å². The molecular weight excluding hydrogens is 398 g/mol. The number of nitrogens with one attached hydrogen (secondary N) is 1. The van der Waals surface area contributed by atoms with Crippen molar-refractivity contribution in [1.82, 2.24) is 5.32 Å². The number of hydrogen-bond acceptors (Lipinski definition) is 9. The lowest BCUT2D eigenvalue weighted by Crippen LogP contribution is -2.29. The summed E-state index contributed by atoms with van der Waals surface area (Å²) < 4.78 is 14.8. The van der Waals surface area contributed by atoms with Crippen molar-refractivity contribution in [2.75, 3.05) is 26.4 Å². The fourth-order valence-electron chi connectivity index (χ4n) is 2.16. The van der Waals surface area contributed by atoms with Crippen LogP contribution in [0.4, 0.5) is 4.79 Å². The molecule has 166 valence electrons. The summed E-state index contributed by atoms with van der Waals surface area (Å²) in [5.74, 6) is -3.17. The van der Waals surface area contributed by atoms with E-state index in [-0.39, 0.29) is 37.5 Å². The fraction of sp³-hybridized carbons (Fsp3) is 0.450. The predicted octanol–water partition coefficient (Wildman–Crippen LogP) is 2.37.